The van der Waals surface area contributed by atoms with Gasteiger partial charge in [0, 0.05) is 11.6 Å². The highest BCUT2D eigenvalue weighted by Gasteiger charge is 2.14. The highest BCUT2D eigenvalue weighted by Crippen LogP contribution is 2.34. The standard InChI is InChI=1S/C19H9Cl2N3O3S/c20-12-4-1-3-11(16(12)21)13-7-6-10(27-13)9-15-18(25)24-19(28-15)22-17(23-24)14-5-2-8-26-14/h1-9H. The van der Waals surface area contributed by atoms with Gasteiger partial charge >= 0.3 is 0 Å². The lowest BCUT2D eigenvalue weighted by Gasteiger charge is -2.01. The molecule has 0 atom stereocenters. The van der Waals surface area contributed by atoms with Crippen molar-refractivity contribution < 1.29 is 8.83 Å². The number of furan rings is 2. The largest absolute Gasteiger partial charge is 0.461 e. The van der Waals surface area contributed by atoms with Gasteiger partial charge in [-0.1, -0.05) is 40.6 Å². The fourth-order valence-corrected chi connectivity index (χ4v) is 4.02. The van der Waals surface area contributed by atoms with Crippen molar-refractivity contribution in [2.45, 2.75) is 0 Å². The smallest absolute Gasteiger partial charge is 0.291 e. The van der Waals surface area contributed by atoms with Gasteiger partial charge in [0.25, 0.3) is 5.56 Å². The van der Waals surface area contributed by atoms with Gasteiger partial charge in [-0.05, 0) is 36.4 Å². The lowest BCUT2D eigenvalue weighted by Crippen LogP contribution is -2.23. The molecule has 0 unspecified atom stereocenters. The molecule has 28 heavy (non-hydrogen) atoms. The molecule has 5 rings (SSSR count). The van der Waals surface area contributed by atoms with E-state index in [9.17, 15) is 4.79 Å². The maximum absolute atomic E-state index is 12.6. The molecule has 1 aromatic carbocycles. The van der Waals surface area contributed by atoms with Crippen molar-refractivity contribution >= 4 is 45.6 Å². The highest BCUT2D eigenvalue weighted by molar-refractivity contribution is 7.15. The normalized spacial score (nSPS) is 12.3. The number of hydrogen-bond donors (Lipinski definition) is 0. The van der Waals surface area contributed by atoms with Crippen LogP contribution in [0, 0.1) is 0 Å². The molecule has 6 nitrogen and oxygen atoms in total. The van der Waals surface area contributed by atoms with Crippen LogP contribution in [0.3, 0.4) is 0 Å². The summed E-state index contributed by atoms with van der Waals surface area (Å²) in [7, 11) is 0. The van der Waals surface area contributed by atoms with Gasteiger partial charge in [0.15, 0.2) is 5.76 Å². The Kier molecular flexibility index (Phi) is 4.08. The molecule has 0 saturated heterocycles. The average Bonchev–Trinajstić information content (AvgIpc) is 3.45. The Morgan fingerprint density at radius 3 is 2.75 bits per heavy atom. The number of aromatic nitrogens is 3. The van der Waals surface area contributed by atoms with E-state index in [-0.39, 0.29) is 5.56 Å². The SMILES string of the molecule is O=c1c(=Cc2ccc(-c3cccc(Cl)c3Cl)o2)sc2nc(-c3ccco3)nn12. The van der Waals surface area contributed by atoms with Crippen LogP contribution in [0.15, 0.2) is 62.4 Å². The fourth-order valence-electron chi connectivity index (χ4n) is 2.74. The van der Waals surface area contributed by atoms with Crippen LogP contribution >= 0.6 is 34.5 Å². The second-order valence-electron chi connectivity index (χ2n) is 5.83. The van der Waals surface area contributed by atoms with Gasteiger partial charge in [-0.15, -0.1) is 5.10 Å². The first-order valence-electron chi connectivity index (χ1n) is 8.09. The molecular formula is C19H9Cl2N3O3S. The molecule has 0 N–H and O–H groups in total. The summed E-state index contributed by atoms with van der Waals surface area (Å²) in [6, 6.07) is 12.3. The fraction of sp³-hybridized carbons (Fsp3) is 0. The minimum atomic E-state index is -0.274. The van der Waals surface area contributed by atoms with E-state index in [1.807, 2.05) is 6.07 Å². The van der Waals surface area contributed by atoms with Crippen LogP contribution in [-0.2, 0) is 0 Å². The summed E-state index contributed by atoms with van der Waals surface area (Å²) in [5.41, 5.74) is 0.408. The van der Waals surface area contributed by atoms with Gasteiger partial charge in [-0.3, -0.25) is 4.79 Å². The summed E-state index contributed by atoms with van der Waals surface area (Å²) < 4.78 is 12.8. The number of nitrogens with zero attached hydrogens (tertiary/aromatic N) is 3. The zero-order valence-electron chi connectivity index (χ0n) is 13.9. The van der Waals surface area contributed by atoms with Crippen LogP contribution in [0.4, 0.5) is 0 Å². The Morgan fingerprint density at radius 2 is 1.96 bits per heavy atom. The van der Waals surface area contributed by atoms with E-state index < -0.39 is 0 Å². The minimum Gasteiger partial charge on any atom is -0.461 e. The summed E-state index contributed by atoms with van der Waals surface area (Å²) >= 11 is 13.5. The first-order chi connectivity index (χ1) is 13.6. The molecular weight excluding hydrogens is 421 g/mol. The number of hydrogen-bond acceptors (Lipinski definition) is 6. The van der Waals surface area contributed by atoms with E-state index in [4.69, 9.17) is 32.0 Å². The molecule has 0 aliphatic rings. The average molecular weight is 430 g/mol. The molecule has 0 saturated carbocycles. The van der Waals surface area contributed by atoms with Crippen LogP contribution in [-0.4, -0.2) is 14.6 Å². The van der Waals surface area contributed by atoms with Gasteiger partial charge in [0.1, 0.15) is 16.1 Å². The molecule has 0 fully saturated rings. The third-order valence-electron chi connectivity index (χ3n) is 4.04. The third-order valence-corrected chi connectivity index (χ3v) is 5.82. The Labute approximate surface area is 171 Å². The highest BCUT2D eigenvalue weighted by atomic mass is 35.5. The van der Waals surface area contributed by atoms with Crippen LogP contribution < -0.4 is 10.1 Å². The van der Waals surface area contributed by atoms with Gasteiger partial charge in [-0.25, -0.2) is 0 Å². The first-order valence-corrected chi connectivity index (χ1v) is 9.67. The summed E-state index contributed by atoms with van der Waals surface area (Å²) in [4.78, 5) is 17.4. The summed E-state index contributed by atoms with van der Waals surface area (Å²) in [5.74, 6) is 1.95. The van der Waals surface area contributed by atoms with E-state index in [1.54, 1.807) is 42.5 Å². The second kappa shape index (κ2) is 6.63. The molecule has 0 radical (unpaired) electrons. The predicted molar refractivity (Wildman–Crippen MR) is 108 cm³/mol. The monoisotopic (exact) mass is 429 g/mol. The molecule has 9 heteroatoms. The lowest BCUT2D eigenvalue weighted by molar-refractivity contribution is 0.571. The van der Waals surface area contributed by atoms with E-state index in [2.05, 4.69) is 10.1 Å². The van der Waals surface area contributed by atoms with Gasteiger partial charge < -0.3 is 8.83 Å². The van der Waals surface area contributed by atoms with Gasteiger partial charge in [0.2, 0.25) is 10.8 Å². The third kappa shape index (κ3) is 2.84. The van der Waals surface area contributed by atoms with Crippen molar-refractivity contribution in [2.24, 2.45) is 0 Å². The zero-order chi connectivity index (χ0) is 19.3. The van der Waals surface area contributed by atoms with E-state index >= 15 is 0 Å². The molecule has 138 valence electrons. The zero-order valence-corrected chi connectivity index (χ0v) is 16.3. The number of fused-ring (bicyclic) bond motifs is 1. The van der Waals surface area contributed by atoms with E-state index in [0.29, 0.717) is 48.2 Å². The van der Waals surface area contributed by atoms with Gasteiger partial charge in [0.05, 0.1) is 16.3 Å². The van der Waals surface area contributed by atoms with Crippen molar-refractivity contribution in [1.82, 2.24) is 14.6 Å². The van der Waals surface area contributed by atoms with Gasteiger partial charge in [-0.2, -0.15) is 9.50 Å². The molecule has 0 aliphatic carbocycles. The number of halogens is 2. The molecule has 0 spiro atoms. The number of thiazole rings is 1. The Morgan fingerprint density at radius 1 is 1.07 bits per heavy atom. The molecule has 5 aromatic rings. The molecule has 0 bridgehead atoms. The van der Waals surface area contributed by atoms with Crippen molar-refractivity contribution in [1.29, 1.82) is 0 Å². The Hall–Kier alpha value is -2.87. The quantitative estimate of drug-likeness (QED) is 0.421. The molecule has 0 amide bonds. The Bertz CT molecular complexity index is 1420. The number of rotatable bonds is 3. The van der Waals surface area contributed by atoms with Crippen molar-refractivity contribution in [3.05, 3.63) is 79.4 Å². The van der Waals surface area contributed by atoms with E-state index in [1.165, 1.54) is 22.1 Å². The molecule has 0 aliphatic heterocycles. The van der Waals surface area contributed by atoms with Crippen molar-refractivity contribution in [3.63, 3.8) is 0 Å². The van der Waals surface area contributed by atoms with Crippen LogP contribution in [0.1, 0.15) is 5.76 Å². The first kappa shape index (κ1) is 17.2. The summed E-state index contributed by atoms with van der Waals surface area (Å²) in [6.07, 6.45) is 3.18. The van der Waals surface area contributed by atoms with Crippen LogP contribution in [0.2, 0.25) is 10.0 Å². The molecule has 4 aromatic heterocycles. The summed E-state index contributed by atoms with van der Waals surface area (Å²) in [5, 5.41) is 5.08. The summed E-state index contributed by atoms with van der Waals surface area (Å²) in [6.45, 7) is 0. The Balaban J connectivity index is 1.55. The van der Waals surface area contributed by atoms with Crippen LogP contribution in [0.25, 0.3) is 33.9 Å². The lowest BCUT2D eigenvalue weighted by atomic mass is 10.2. The molecule has 4 heterocycles. The minimum absolute atomic E-state index is 0.274. The second-order valence-corrected chi connectivity index (χ2v) is 7.62. The van der Waals surface area contributed by atoms with Crippen molar-refractivity contribution in [2.75, 3.05) is 0 Å². The maximum Gasteiger partial charge on any atom is 0.291 e. The predicted octanol–water partition coefficient (Wildman–Crippen LogP) is 4.53. The van der Waals surface area contributed by atoms with Crippen molar-refractivity contribution in [3.8, 4) is 22.9 Å². The topological polar surface area (TPSA) is 73.5 Å². The van der Waals surface area contributed by atoms with Crippen LogP contribution in [0.5, 0.6) is 0 Å². The van der Waals surface area contributed by atoms with E-state index in [0.717, 1.165) is 0 Å². The maximum atomic E-state index is 12.6. The number of benzene rings is 1.